The zero-order chi connectivity index (χ0) is 12.0. The molecule has 4 heteroatoms. The zero-order valence-electron chi connectivity index (χ0n) is 8.90. The van der Waals surface area contributed by atoms with Crippen LogP contribution in [0.15, 0.2) is 17.3 Å². The maximum atomic E-state index is 9.58. The minimum absolute atomic E-state index is 0.117. The number of hydrogen-bond donors (Lipinski definition) is 1. The van der Waals surface area contributed by atoms with Crippen LogP contribution in [-0.2, 0) is 4.84 Å². The Hall–Kier alpha value is -1.66. The second kappa shape index (κ2) is 6.04. The molecule has 0 unspecified atom stereocenters. The predicted molar refractivity (Wildman–Crippen MR) is 64.8 cm³/mol. The summed E-state index contributed by atoms with van der Waals surface area (Å²) in [6, 6.07) is 3.20. The van der Waals surface area contributed by atoms with E-state index in [-0.39, 0.29) is 5.75 Å². The number of nitrogens with zero attached hydrogens (tertiary/aromatic N) is 1. The van der Waals surface area contributed by atoms with Gasteiger partial charge >= 0.3 is 0 Å². The monoisotopic (exact) mass is 237 g/mol. The van der Waals surface area contributed by atoms with E-state index in [1.807, 2.05) is 6.92 Å². The lowest BCUT2D eigenvalue weighted by Crippen LogP contribution is -1.89. The van der Waals surface area contributed by atoms with E-state index in [9.17, 15) is 5.11 Å². The first-order chi connectivity index (χ1) is 7.65. The second-order valence-electron chi connectivity index (χ2n) is 3.18. The minimum atomic E-state index is 0.117. The third-order valence-electron chi connectivity index (χ3n) is 1.91. The third-order valence-corrected chi connectivity index (χ3v) is 2.32. The van der Waals surface area contributed by atoms with Crippen molar-refractivity contribution in [1.29, 1.82) is 0 Å². The Labute approximate surface area is 99.7 Å². The van der Waals surface area contributed by atoms with Crippen molar-refractivity contribution in [3.8, 4) is 18.1 Å². The highest BCUT2D eigenvalue weighted by molar-refractivity contribution is 6.31. The van der Waals surface area contributed by atoms with Crippen molar-refractivity contribution in [3.63, 3.8) is 0 Å². The number of rotatable bonds is 4. The van der Waals surface area contributed by atoms with E-state index >= 15 is 0 Å². The van der Waals surface area contributed by atoms with Crippen molar-refractivity contribution in [2.24, 2.45) is 5.16 Å². The average Bonchev–Trinajstić information content (AvgIpc) is 2.25. The van der Waals surface area contributed by atoms with Crippen LogP contribution in [0.1, 0.15) is 17.5 Å². The van der Waals surface area contributed by atoms with Gasteiger partial charge in [0.1, 0.15) is 12.4 Å². The molecule has 1 aromatic carbocycles. The topological polar surface area (TPSA) is 41.8 Å². The molecule has 0 radical (unpaired) electrons. The van der Waals surface area contributed by atoms with Gasteiger partial charge in [-0.15, -0.1) is 12.3 Å². The molecule has 84 valence electrons. The van der Waals surface area contributed by atoms with Crippen molar-refractivity contribution in [2.75, 3.05) is 6.61 Å². The smallest absolute Gasteiger partial charge is 0.128 e. The molecule has 0 bridgehead atoms. The normalized spacial score (nSPS) is 10.3. The van der Waals surface area contributed by atoms with Crippen LogP contribution in [0, 0.1) is 19.3 Å². The van der Waals surface area contributed by atoms with Gasteiger partial charge in [0.2, 0.25) is 0 Å². The Kier molecular flexibility index (Phi) is 4.68. The summed E-state index contributed by atoms with van der Waals surface area (Å²) >= 11 is 5.91. The van der Waals surface area contributed by atoms with Crippen molar-refractivity contribution in [2.45, 2.75) is 13.3 Å². The Bertz CT molecular complexity index is 435. The minimum Gasteiger partial charge on any atom is -0.507 e. The van der Waals surface area contributed by atoms with Gasteiger partial charge in [0.15, 0.2) is 0 Å². The van der Waals surface area contributed by atoms with Gasteiger partial charge < -0.3 is 9.94 Å². The summed E-state index contributed by atoms with van der Waals surface area (Å²) in [5.74, 6) is 2.54. The van der Waals surface area contributed by atoms with Crippen molar-refractivity contribution >= 4 is 17.8 Å². The summed E-state index contributed by atoms with van der Waals surface area (Å²) < 4.78 is 0. The van der Waals surface area contributed by atoms with Gasteiger partial charge in [0.25, 0.3) is 0 Å². The molecule has 1 aromatic rings. The highest BCUT2D eigenvalue weighted by Crippen LogP contribution is 2.24. The van der Waals surface area contributed by atoms with Crippen molar-refractivity contribution in [1.82, 2.24) is 0 Å². The number of halogens is 1. The average molecular weight is 238 g/mol. The van der Waals surface area contributed by atoms with E-state index in [1.54, 1.807) is 12.1 Å². The first-order valence-electron chi connectivity index (χ1n) is 4.73. The predicted octanol–water partition coefficient (Wildman–Crippen LogP) is 2.73. The summed E-state index contributed by atoms with van der Waals surface area (Å²) in [5, 5.41) is 13.8. The third kappa shape index (κ3) is 3.48. The van der Waals surface area contributed by atoms with Gasteiger partial charge in [0.05, 0.1) is 6.21 Å². The lowest BCUT2D eigenvalue weighted by atomic mass is 10.1. The number of phenols is 1. The molecule has 1 N–H and O–H groups in total. The molecule has 0 aliphatic heterocycles. The molecule has 0 atom stereocenters. The van der Waals surface area contributed by atoms with Gasteiger partial charge in [-0.1, -0.05) is 16.8 Å². The fourth-order valence-corrected chi connectivity index (χ4v) is 1.21. The number of phenolic OH excluding ortho intramolecular Hbond substituents is 1. The highest BCUT2D eigenvalue weighted by atomic mass is 35.5. The zero-order valence-corrected chi connectivity index (χ0v) is 9.66. The Morgan fingerprint density at radius 3 is 3.06 bits per heavy atom. The molecule has 16 heavy (non-hydrogen) atoms. The molecule has 1 rings (SSSR count). The van der Waals surface area contributed by atoms with Crippen LogP contribution in [0.3, 0.4) is 0 Å². The van der Waals surface area contributed by atoms with Crippen molar-refractivity contribution < 1.29 is 9.94 Å². The summed E-state index contributed by atoms with van der Waals surface area (Å²) in [6.07, 6.45) is 6.94. The fourth-order valence-electron chi connectivity index (χ4n) is 1.04. The number of aromatic hydroxyl groups is 1. The summed E-state index contributed by atoms with van der Waals surface area (Å²) in [4.78, 5) is 4.88. The van der Waals surface area contributed by atoms with Crippen molar-refractivity contribution in [3.05, 3.63) is 28.3 Å². The lowest BCUT2D eigenvalue weighted by Gasteiger charge is -2.02. The number of oxime groups is 1. The molecule has 0 saturated carbocycles. The molecule has 0 saturated heterocycles. The number of benzene rings is 1. The quantitative estimate of drug-likeness (QED) is 0.379. The molecular weight excluding hydrogens is 226 g/mol. The molecule has 0 amide bonds. The van der Waals surface area contributed by atoms with Crippen LogP contribution in [0.5, 0.6) is 5.75 Å². The molecule has 3 nitrogen and oxygen atoms in total. The van der Waals surface area contributed by atoms with Crippen LogP contribution in [0.25, 0.3) is 0 Å². The Morgan fingerprint density at radius 2 is 2.38 bits per heavy atom. The second-order valence-corrected chi connectivity index (χ2v) is 3.59. The first-order valence-corrected chi connectivity index (χ1v) is 5.11. The van der Waals surface area contributed by atoms with Gasteiger partial charge in [-0.3, -0.25) is 0 Å². The van der Waals surface area contributed by atoms with E-state index in [4.69, 9.17) is 22.9 Å². The maximum Gasteiger partial charge on any atom is 0.128 e. The van der Waals surface area contributed by atoms with E-state index < -0.39 is 0 Å². The largest absolute Gasteiger partial charge is 0.507 e. The van der Waals surface area contributed by atoms with Gasteiger partial charge in [-0.05, 0) is 24.6 Å². The van der Waals surface area contributed by atoms with Crippen LogP contribution < -0.4 is 0 Å². The molecule has 0 spiro atoms. The molecule has 0 aliphatic rings. The van der Waals surface area contributed by atoms with E-state index in [0.29, 0.717) is 23.6 Å². The molecule has 0 aliphatic carbocycles. The van der Waals surface area contributed by atoms with Crippen LogP contribution in [0.4, 0.5) is 0 Å². The van der Waals surface area contributed by atoms with Crippen LogP contribution in [-0.4, -0.2) is 17.9 Å². The number of hydrogen-bond acceptors (Lipinski definition) is 3. The molecule has 0 fully saturated rings. The lowest BCUT2D eigenvalue weighted by molar-refractivity contribution is 0.152. The standard InChI is InChI=1S/C12H12ClNO2/c1-3-4-5-16-14-8-10-7-11(13)9(2)6-12(10)15/h1,6-8,15H,4-5H2,2H3/b14-8+. The highest BCUT2D eigenvalue weighted by Gasteiger charge is 2.02. The summed E-state index contributed by atoms with van der Waals surface area (Å²) in [6.45, 7) is 2.17. The van der Waals surface area contributed by atoms with Gasteiger partial charge in [-0.2, -0.15) is 0 Å². The maximum absolute atomic E-state index is 9.58. The van der Waals surface area contributed by atoms with E-state index in [0.717, 1.165) is 5.56 Å². The number of aryl methyl sites for hydroxylation is 1. The van der Waals surface area contributed by atoms with E-state index in [2.05, 4.69) is 11.1 Å². The molecule has 0 aromatic heterocycles. The molecular formula is C12H12ClNO2. The first kappa shape index (κ1) is 12.4. The van der Waals surface area contributed by atoms with Crippen LogP contribution >= 0.6 is 11.6 Å². The fraction of sp³-hybridized carbons (Fsp3) is 0.250. The SMILES string of the molecule is C#CCCO/N=C/c1cc(Cl)c(C)cc1O. The van der Waals surface area contributed by atoms with E-state index in [1.165, 1.54) is 6.21 Å². The summed E-state index contributed by atoms with van der Waals surface area (Å²) in [5.41, 5.74) is 1.32. The van der Waals surface area contributed by atoms with Crippen LogP contribution in [0.2, 0.25) is 5.02 Å². The van der Waals surface area contributed by atoms with Gasteiger partial charge in [0, 0.05) is 17.0 Å². The van der Waals surface area contributed by atoms with Gasteiger partial charge in [-0.25, -0.2) is 0 Å². The Morgan fingerprint density at radius 1 is 1.62 bits per heavy atom. The molecule has 0 heterocycles. The number of terminal acetylenes is 1. The summed E-state index contributed by atoms with van der Waals surface area (Å²) in [7, 11) is 0. The Balaban J connectivity index is 2.67.